The molecule has 0 saturated carbocycles. The third kappa shape index (κ3) is 4.96. The van der Waals surface area contributed by atoms with E-state index in [9.17, 15) is 4.79 Å². The summed E-state index contributed by atoms with van der Waals surface area (Å²) in [6.07, 6.45) is 2.10. The molecule has 3 aromatic rings. The van der Waals surface area contributed by atoms with Crippen LogP contribution in [-0.4, -0.2) is 40.6 Å². The number of likely N-dealkylation sites (tertiary alicyclic amines) is 1. The number of hydrogen-bond donors (Lipinski definition) is 0. The molecule has 6 heteroatoms. The van der Waals surface area contributed by atoms with E-state index in [1.807, 2.05) is 17.0 Å². The lowest BCUT2D eigenvalue weighted by Crippen LogP contribution is -2.38. The van der Waals surface area contributed by atoms with Gasteiger partial charge in [-0.05, 0) is 55.2 Å². The van der Waals surface area contributed by atoms with E-state index in [1.165, 1.54) is 10.4 Å². The lowest BCUT2D eigenvalue weighted by Gasteiger charge is -2.32. The molecule has 4 rings (SSSR count). The highest BCUT2D eigenvalue weighted by molar-refractivity contribution is 7.99. The highest BCUT2D eigenvalue weighted by Gasteiger charge is 2.27. The second-order valence-corrected chi connectivity index (χ2v) is 10.8. The van der Waals surface area contributed by atoms with Crippen LogP contribution in [-0.2, 0) is 16.8 Å². The van der Waals surface area contributed by atoms with Crippen LogP contribution in [0.3, 0.4) is 0 Å². The molecule has 0 radical (unpaired) electrons. The highest BCUT2D eigenvalue weighted by atomic mass is 32.2. The number of aromatic nitrogens is 2. The van der Waals surface area contributed by atoms with Crippen molar-refractivity contribution in [1.82, 2.24) is 14.5 Å². The lowest BCUT2D eigenvalue weighted by atomic mass is 9.93. The number of benzene rings is 2. The first-order valence-corrected chi connectivity index (χ1v) is 12.1. The second kappa shape index (κ2) is 9.18. The van der Waals surface area contributed by atoms with Crippen LogP contribution in [0.2, 0.25) is 0 Å². The monoisotopic (exact) mass is 451 g/mol. The van der Waals surface area contributed by atoms with Gasteiger partial charge in [0.2, 0.25) is 5.91 Å². The van der Waals surface area contributed by atoms with Gasteiger partial charge >= 0.3 is 0 Å². The molecule has 2 heterocycles. The topological polar surface area (TPSA) is 47.4 Å². The Kier molecular flexibility index (Phi) is 6.52. The fourth-order valence-electron chi connectivity index (χ4n) is 4.42. The van der Waals surface area contributed by atoms with Crippen LogP contribution in [0.5, 0.6) is 5.75 Å². The number of fused-ring (bicyclic) bond motifs is 1. The number of nitrogens with zero attached hydrogens (tertiary/aromatic N) is 3. The molecule has 32 heavy (non-hydrogen) atoms. The van der Waals surface area contributed by atoms with Crippen molar-refractivity contribution in [2.45, 2.75) is 62.3 Å². The number of carbonyl (C=O) groups is 1. The minimum Gasteiger partial charge on any atom is -0.497 e. The van der Waals surface area contributed by atoms with Gasteiger partial charge in [-0.25, -0.2) is 4.98 Å². The molecule has 1 aliphatic rings. The van der Waals surface area contributed by atoms with Crippen molar-refractivity contribution in [2.24, 2.45) is 5.92 Å². The van der Waals surface area contributed by atoms with Gasteiger partial charge in [-0.1, -0.05) is 38.6 Å². The SMILES string of the molecule is COc1cccc(Sc2ccc3c(c2)nc(C(C)(C)C)n3CC2CCN(C(C)=O)CC2)c1. The van der Waals surface area contributed by atoms with Gasteiger partial charge in [-0.15, -0.1) is 0 Å². The molecule has 5 nitrogen and oxygen atoms in total. The first-order valence-electron chi connectivity index (χ1n) is 11.3. The van der Waals surface area contributed by atoms with Gasteiger partial charge in [0.05, 0.1) is 18.1 Å². The van der Waals surface area contributed by atoms with E-state index in [2.05, 4.69) is 55.7 Å². The minimum atomic E-state index is -0.0425. The summed E-state index contributed by atoms with van der Waals surface area (Å²) in [5.41, 5.74) is 2.20. The smallest absolute Gasteiger partial charge is 0.219 e. The molecule has 170 valence electrons. The van der Waals surface area contributed by atoms with E-state index in [0.29, 0.717) is 5.92 Å². The van der Waals surface area contributed by atoms with Crippen LogP contribution in [0, 0.1) is 5.92 Å². The van der Waals surface area contributed by atoms with Gasteiger partial charge in [-0.3, -0.25) is 4.79 Å². The van der Waals surface area contributed by atoms with Crippen LogP contribution in [0.25, 0.3) is 11.0 Å². The fraction of sp³-hybridized carbons (Fsp3) is 0.462. The van der Waals surface area contributed by atoms with Crippen LogP contribution in [0.1, 0.15) is 46.4 Å². The Balaban J connectivity index is 1.61. The number of imidazole rings is 1. The molecular weight excluding hydrogens is 418 g/mol. The van der Waals surface area contributed by atoms with E-state index >= 15 is 0 Å². The van der Waals surface area contributed by atoms with Gasteiger partial charge in [0, 0.05) is 41.8 Å². The van der Waals surface area contributed by atoms with Gasteiger partial charge in [0.25, 0.3) is 0 Å². The summed E-state index contributed by atoms with van der Waals surface area (Å²) < 4.78 is 7.78. The van der Waals surface area contributed by atoms with E-state index in [1.54, 1.807) is 25.8 Å². The minimum absolute atomic E-state index is 0.0425. The van der Waals surface area contributed by atoms with Crippen molar-refractivity contribution >= 4 is 28.7 Å². The normalized spacial score (nSPS) is 15.3. The average molecular weight is 452 g/mol. The maximum Gasteiger partial charge on any atom is 0.219 e. The van der Waals surface area contributed by atoms with Crippen LogP contribution >= 0.6 is 11.8 Å². The molecule has 1 amide bonds. The maximum atomic E-state index is 11.7. The van der Waals surface area contributed by atoms with Crippen LogP contribution < -0.4 is 4.74 Å². The van der Waals surface area contributed by atoms with Crippen molar-refractivity contribution in [1.29, 1.82) is 0 Å². The predicted octanol–water partition coefficient (Wildman–Crippen LogP) is 5.75. The molecule has 2 aromatic carbocycles. The first kappa shape index (κ1) is 22.7. The standard InChI is InChI=1S/C26H33N3O2S/c1-18(30)28-13-11-19(12-14-28)17-29-24-10-9-22(16-23(24)27-25(29)26(2,3)4)32-21-8-6-7-20(15-21)31-5/h6-10,15-16,19H,11-14,17H2,1-5H3. The van der Waals surface area contributed by atoms with E-state index in [0.717, 1.165) is 54.5 Å². The fourth-order valence-corrected chi connectivity index (χ4v) is 5.32. The summed E-state index contributed by atoms with van der Waals surface area (Å²) in [5.74, 6) is 2.75. The Morgan fingerprint density at radius 1 is 1.12 bits per heavy atom. The van der Waals surface area contributed by atoms with E-state index < -0.39 is 0 Å². The first-order chi connectivity index (χ1) is 15.2. The summed E-state index contributed by atoms with van der Waals surface area (Å²) >= 11 is 1.73. The van der Waals surface area contributed by atoms with E-state index in [-0.39, 0.29) is 11.3 Å². The van der Waals surface area contributed by atoms with Crippen molar-refractivity contribution in [2.75, 3.05) is 20.2 Å². The molecule has 0 bridgehead atoms. The lowest BCUT2D eigenvalue weighted by molar-refractivity contribution is -0.130. The predicted molar refractivity (Wildman–Crippen MR) is 131 cm³/mol. The number of carbonyl (C=O) groups excluding carboxylic acids is 1. The average Bonchev–Trinajstić information content (AvgIpc) is 3.12. The van der Waals surface area contributed by atoms with E-state index in [4.69, 9.17) is 9.72 Å². The number of methoxy groups -OCH3 is 1. The molecule has 0 atom stereocenters. The van der Waals surface area contributed by atoms with Crippen LogP contribution in [0.15, 0.2) is 52.3 Å². The Bertz CT molecular complexity index is 1110. The number of piperidine rings is 1. The summed E-state index contributed by atoms with van der Waals surface area (Å²) in [6.45, 7) is 11.0. The van der Waals surface area contributed by atoms with Gasteiger partial charge < -0.3 is 14.2 Å². The third-order valence-electron chi connectivity index (χ3n) is 6.17. The van der Waals surface area contributed by atoms with Crippen molar-refractivity contribution in [3.8, 4) is 5.75 Å². The number of amides is 1. The van der Waals surface area contributed by atoms with Gasteiger partial charge in [-0.2, -0.15) is 0 Å². The summed E-state index contributed by atoms with van der Waals surface area (Å²) in [4.78, 5) is 21.1. The molecular formula is C26H33N3O2S. The quantitative estimate of drug-likeness (QED) is 0.495. The summed E-state index contributed by atoms with van der Waals surface area (Å²) in [5, 5.41) is 0. The molecule has 0 N–H and O–H groups in total. The number of ether oxygens (including phenoxy) is 1. The molecule has 1 aliphatic heterocycles. The zero-order valence-electron chi connectivity index (χ0n) is 19.7. The van der Waals surface area contributed by atoms with Gasteiger partial charge in [0.15, 0.2) is 0 Å². The molecule has 0 aliphatic carbocycles. The number of hydrogen-bond acceptors (Lipinski definition) is 4. The molecule has 0 spiro atoms. The second-order valence-electron chi connectivity index (χ2n) is 9.68. The van der Waals surface area contributed by atoms with Gasteiger partial charge in [0.1, 0.15) is 11.6 Å². The van der Waals surface area contributed by atoms with Crippen molar-refractivity contribution in [3.63, 3.8) is 0 Å². The zero-order valence-corrected chi connectivity index (χ0v) is 20.5. The Morgan fingerprint density at radius 2 is 1.84 bits per heavy atom. The molecule has 0 unspecified atom stereocenters. The highest BCUT2D eigenvalue weighted by Crippen LogP contribution is 2.34. The van der Waals surface area contributed by atoms with Crippen LogP contribution in [0.4, 0.5) is 0 Å². The molecule has 1 fully saturated rings. The largest absolute Gasteiger partial charge is 0.497 e. The zero-order chi connectivity index (χ0) is 22.9. The van der Waals surface area contributed by atoms with Crippen molar-refractivity contribution < 1.29 is 9.53 Å². The number of rotatable bonds is 5. The Labute approximate surface area is 195 Å². The molecule has 1 aromatic heterocycles. The molecule has 1 saturated heterocycles. The Hall–Kier alpha value is -2.47. The summed E-state index contributed by atoms with van der Waals surface area (Å²) in [7, 11) is 1.69. The maximum absolute atomic E-state index is 11.7. The summed E-state index contributed by atoms with van der Waals surface area (Å²) in [6, 6.07) is 14.7. The Morgan fingerprint density at radius 3 is 2.50 bits per heavy atom. The third-order valence-corrected chi connectivity index (χ3v) is 7.15. The van der Waals surface area contributed by atoms with Crippen molar-refractivity contribution in [3.05, 3.63) is 48.3 Å².